The Labute approximate surface area is 132 Å². The number of aromatic nitrogens is 1. The first-order chi connectivity index (χ1) is 11.0. The van der Waals surface area contributed by atoms with Gasteiger partial charge in [0.25, 0.3) is 5.69 Å². The molecule has 0 aliphatic heterocycles. The Kier molecular flexibility index (Phi) is 7.24. The number of anilines is 1. The van der Waals surface area contributed by atoms with Crippen molar-refractivity contribution in [3.8, 4) is 0 Å². The summed E-state index contributed by atoms with van der Waals surface area (Å²) >= 11 is 0. The van der Waals surface area contributed by atoms with Gasteiger partial charge >= 0.3 is 12.2 Å². The van der Waals surface area contributed by atoms with Gasteiger partial charge in [0.05, 0.1) is 24.7 Å². The summed E-state index contributed by atoms with van der Waals surface area (Å²) in [5, 5.41) is 10.6. The van der Waals surface area contributed by atoms with Gasteiger partial charge in [-0.1, -0.05) is 0 Å². The maximum atomic E-state index is 11.9. The molecular formula is C13H17N3O7. The second kappa shape index (κ2) is 9.18. The van der Waals surface area contributed by atoms with Crippen molar-refractivity contribution in [1.29, 1.82) is 0 Å². The van der Waals surface area contributed by atoms with Crippen molar-refractivity contribution in [1.82, 2.24) is 4.98 Å². The summed E-state index contributed by atoms with van der Waals surface area (Å²) in [5.41, 5.74) is -0.208. The van der Waals surface area contributed by atoms with Crippen LogP contribution in [0.15, 0.2) is 18.3 Å². The number of hydrogen-bond acceptors (Lipinski definition) is 8. The minimum atomic E-state index is -0.854. The molecule has 0 aromatic carbocycles. The lowest BCUT2D eigenvalue weighted by atomic mass is 10.4. The minimum Gasteiger partial charge on any atom is -0.449 e. The summed E-state index contributed by atoms with van der Waals surface area (Å²) < 4.78 is 14.3. The van der Waals surface area contributed by atoms with Crippen LogP contribution < -0.4 is 4.90 Å². The fraction of sp³-hybridized carbons (Fsp3) is 0.462. The topological polar surface area (TPSA) is 121 Å². The van der Waals surface area contributed by atoms with Crippen LogP contribution in [-0.2, 0) is 14.2 Å². The number of carbonyl (C=O) groups excluding carboxylic acids is 2. The lowest BCUT2D eigenvalue weighted by Gasteiger charge is -2.20. The van der Waals surface area contributed by atoms with Crippen LogP contribution in [0.4, 0.5) is 21.1 Å². The molecule has 0 bridgehead atoms. The van der Waals surface area contributed by atoms with E-state index in [9.17, 15) is 19.7 Å². The molecule has 0 saturated heterocycles. The average Bonchev–Trinajstić information content (AvgIpc) is 2.52. The van der Waals surface area contributed by atoms with Crippen molar-refractivity contribution in [2.45, 2.75) is 13.8 Å². The summed E-state index contributed by atoms with van der Waals surface area (Å²) in [4.78, 5) is 38.0. The van der Waals surface area contributed by atoms with Crippen molar-refractivity contribution in [2.75, 3.05) is 31.3 Å². The van der Waals surface area contributed by atoms with Gasteiger partial charge in [0, 0.05) is 6.07 Å². The first-order valence-corrected chi connectivity index (χ1v) is 6.83. The Hall–Kier alpha value is -2.91. The lowest BCUT2D eigenvalue weighted by Crippen LogP contribution is -2.35. The molecule has 0 fully saturated rings. The third-order valence-corrected chi connectivity index (χ3v) is 2.50. The monoisotopic (exact) mass is 327 g/mol. The third-order valence-electron chi connectivity index (χ3n) is 2.50. The largest absolute Gasteiger partial charge is 0.508 e. The molecule has 0 aliphatic carbocycles. The zero-order chi connectivity index (χ0) is 17.2. The van der Waals surface area contributed by atoms with E-state index in [-0.39, 0.29) is 37.9 Å². The van der Waals surface area contributed by atoms with Gasteiger partial charge in [-0.2, -0.15) is 0 Å². The average molecular weight is 327 g/mol. The first-order valence-electron chi connectivity index (χ1n) is 6.83. The van der Waals surface area contributed by atoms with Crippen LogP contribution in [-0.4, -0.2) is 48.5 Å². The molecule has 1 rings (SSSR count). The van der Waals surface area contributed by atoms with Crippen LogP contribution in [0.25, 0.3) is 0 Å². The molecular weight excluding hydrogens is 310 g/mol. The second-order valence-corrected chi connectivity index (χ2v) is 4.01. The Morgan fingerprint density at radius 2 is 1.91 bits per heavy atom. The van der Waals surface area contributed by atoms with Gasteiger partial charge in [-0.3, -0.25) is 15.0 Å². The summed E-state index contributed by atoms with van der Waals surface area (Å²) in [7, 11) is 0. The van der Waals surface area contributed by atoms with Crippen LogP contribution in [0.2, 0.25) is 0 Å². The normalized spacial score (nSPS) is 9.83. The molecule has 10 nitrogen and oxygen atoms in total. The third kappa shape index (κ3) is 5.77. The molecule has 0 aliphatic rings. The smallest absolute Gasteiger partial charge is 0.449 e. The number of pyridine rings is 1. The number of nitro groups is 1. The molecule has 1 heterocycles. The molecule has 0 saturated carbocycles. The van der Waals surface area contributed by atoms with E-state index < -0.39 is 17.2 Å². The zero-order valence-electron chi connectivity index (χ0n) is 12.8. The van der Waals surface area contributed by atoms with Crippen molar-refractivity contribution < 1.29 is 28.7 Å². The van der Waals surface area contributed by atoms with Crippen LogP contribution in [0.5, 0.6) is 0 Å². The highest BCUT2D eigenvalue weighted by molar-refractivity contribution is 5.86. The van der Waals surface area contributed by atoms with E-state index in [2.05, 4.69) is 9.72 Å². The minimum absolute atomic E-state index is 0.0392. The summed E-state index contributed by atoms with van der Waals surface area (Å²) in [6.45, 7) is 3.39. The molecule has 0 spiro atoms. The van der Waals surface area contributed by atoms with Gasteiger partial charge in [0.2, 0.25) is 0 Å². The Morgan fingerprint density at radius 3 is 2.43 bits per heavy atom. The van der Waals surface area contributed by atoms with E-state index in [0.717, 1.165) is 11.1 Å². The molecule has 1 aromatic rings. The first kappa shape index (κ1) is 18.1. The van der Waals surface area contributed by atoms with E-state index in [4.69, 9.17) is 9.47 Å². The van der Waals surface area contributed by atoms with E-state index in [0.29, 0.717) is 0 Å². The SMILES string of the molecule is CCOC(=O)OCCN(C(=O)OCC)c1ccc([N+](=O)[O-])cn1. The Balaban J connectivity index is 2.77. The van der Waals surface area contributed by atoms with Crippen molar-refractivity contribution in [2.24, 2.45) is 0 Å². The quantitative estimate of drug-likeness (QED) is 0.424. The van der Waals surface area contributed by atoms with E-state index >= 15 is 0 Å². The number of rotatable bonds is 7. The highest BCUT2D eigenvalue weighted by Crippen LogP contribution is 2.16. The molecule has 0 N–H and O–H groups in total. The fourth-order valence-electron chi connectivity index (χ4n) is 1.53. The van der Waals surface area contributed by atoms with Gasteiger partial charge in [0.1, 0.15) is 18.6 Å². The summed E-state index contributed by atoms with van der Waals surface area (Å²) in [6, 6.07) is 2.51. The standard InChI is InChI=1S/C13H17N3O7/c1-3-21-12(17)15(7-8-23-13(18)22-4-2)11-6-5-10(9-14-11)16(19)20/h5-6,9H,3-4,7-8H2,1-2H3. The Morgan fingerprint density at radius 1 is 1.22 bits per heavy atom. The van der Waals surface area contributed by atoms with E-state index in [1.807, 2.05) is 0 Å². The highest BCUT2D eigenvalue weighted by Gasteiger charge is 2.20. The van der Waals surface area contributed by atoms with Crippen LogP contribution in [0, 0.1) is 10.1 Å². The van der Waals surface area contributed by atoms with E-state index in [1.165, 1.54) is 12.1 Å². The maximum absolute atomic E-state index is 11.9. The van der Waals surface area contributed by atoms with Crippen molar-refractivity contribution in [3.05, 3.63) is 28.4 Å². The van der Waals surface area contributed by atoms with Gasteiger partial charge in [0.15, 0.2) is 0 Å². The van der Waals surface area contributed by atoms with Crippen molar-refractivity contribution in [3.63, 3.8) is 0 Å². The molecule has 10 heteroatoms. The second-order valence-electron chi connectivity index (χ2n) is 4.01. The van der Waals surface area contributed by atoms with Crippen molar-refractivity contribution >= 4 is 23.8 Å². The molecule has 0 unspecified atom stereocenters. The van der Waals surface area contributed by atoms with Crippen LogP contribution >= 0.6 is 0 Å². The van der Waals surface area contributed by atoms with Crippen LogP contribution in [0.1, 0.15) is 13.8 Å². The molecule has 0 radical (unpaired) electrons. The van der Waals surface area contributed by atoms with Gasteiger partial charge in [-0.25, -0.2) is 14.6 Å². The van der Waals surface area contributed by atoms with E-state index in [1.54, 1.807) is 13.8 Å². The highest BCUT2D eigenvalue weighted by atomic mass is 16.7. The number of carbonyl (C=O) groups is 2. The molecule has 126 valence electrons. The predicted octanol–water partition coefficient (Wildman–Crippen LogP) is 2.13. The molecule has 23 heavy (non-hydrogen) atoms. The van der Waals surface area contributed by atoms with Crippen LogP contribution in [0.3, 0.4) is 0 Å². The number of ether oxygens (including phenoxy) is 3. The van der Waals surface area contributed by atoms with Gasteiger partial charge in [-0.05, 0) is 19.9 Å². The lowest BCUT2D eigenvalue weighted by molar-refractivity contribution is -0.385. The molecule has 1 aromatic heterocycles. The van der Waals surface area contributed by atoms with Gasteiger partial charge < -0.3 is 14.2 Å². The number of hydrogen-bond donors (Lipinski definition) is 0. The fourth-order valence-corrected chi connectivity index (χ4v) is 1.53. The zero-order valence-corrected chi connectivity index (χ0v) is 12.8. The maximum Gasteiger partial charge on any atom is 0.508 e. The molecule has 1 amide bonds. The Bertz CT molecular complexity index is 547. The summed E-state index contributed by atoms with van der Waals surface area (Å²) in [6.07, 6.45) is -0.539. The predicted molar refractivity (Wildman–Crippen MR) is 78.2 cm³/mol. The number of amides is 1. The van der Waals surface area contributed by atoms with Gasteiger partial charge in [-0.15, -0.1) is 0 Å². The number of nitrogens with zero attached hydrogens (tertiary/aromatic N) is 3. The molecule has 0 atom stereocenters. The summed E-state index contributed by atoms with van der Waals surface area (Å²) in [5.74, 6) is 0.140.